The lowest BCUT2D eigenvalue weighted by Gasteiger charge is -2.16. The van der Waals surface area contributed by atoms with E-state index in [1.54, 1.807) is 0 Å². The second-order valence-corrected chi connectivity index (χ2v) is 3.85. The van der Waals surface area contributed by atoms with Gasteiger partial charge in [-0.05, 0) is 0 Å². The van der Waals surface area contributed by atoms with Crippen LogP contribution in [0.4, 0.5) is 0 Å². The maximum absolute atomic E-state index is 11.5. The molecule has 9 heteroatoms. The molecule has 1 saturated heterocycles. The average molecular weight is 278 g/mol. The molecular weight excluding hydrogens is 260 g/mol. The molecule has 0 aliphatic carbocycles. The van der Waals surface area contributed by atoms with E-state index in [2.05, 4.69) is 0 Å². The van der Waals surface area contributed by atoms with Gasteiger partial charge in [-0.1, -0.05) is 0 Å². The van der Waals surface area contributed by atoms with E-state index in [9.17, 15) is 14.4 Å². The Balaban J connectivity index is 0.00000324. The van der Waals surface area contributed by atoms with Crippen LogP contribution < -0.4 is 6.15 Å². The number of hydrogen-bond acceptors (Lipinski definition) is 8. The highest BCUT2D eigenvalue weighted by molar-refractivity contribution is 5.78. The van der Waals surface area contributed by atoms with E-state index in [1.807, 2.05) is 0 Å². The Morgan fingerprint density at radius 2 is 1.95 bits per heavy atom. The molecule has 0 saturated carbocycles. The summed E-state index contributed by atoms with van der Waals surface area (Å²) in [4.78, 5) is 34.5. The van der Waals surface area contributed by atoms with E-state index in [0.717, 1.165) is 4.90 Å². The first-order valence-electron chi connectivity index (χ1n) is 5.41. The number of carbonyl (C=O) groups excluding carboxylic acids is 2. The van der Waals surface area contributed by atoms with Crippen molar-refractivity contribution in [2.75, 3.05) is 32.8 Å². The van der Waals surface area contributed by atoms with Gasteiger partial charge in [0.05, 0.1) is 19.6 Å². The molecule has 0 aromatic heterocycles. The molecule has 1 aliphatic heterocycles. The number of hydrogen-bond donors (Lipinski definition) is 3. The maximum Gasteiger partial charge on any atom is 0.320 e. The molecule has 19 heavy (non-hydrogen) atoms. The minimum Gasteiger partial charge on any atom is -0.480 e. The van der Waals surface area contributed by atoms with Gasteiger partial charge in [-0.25, -0.2) is 0 Å². The minimum atomic E-state index is -1.15. The Morgan fingerprint density at radius 1 is 1.32 bits per heavy atom. The molecule has 1 unspecified atom stereocenters. The van der Waals surface area contributed by atoms with E-state index >= 15 is 0 Å². The molecule has 1 aliphatic rings. The molecule has 1 rings (SSSR count). The predicted molar refractivity (Wildman–Crippen MR) is 61.6 cm³/mol. The summed E-state index contributed by atoms with van der Waals surface area (Å²) in [7, 11) is 0. The first kappa shape index (κ1) is 17.3. The van der Waals surface area contributed by atoms with Crippen LogP contribution in [0.5, 0.6) is 0 Å². The van der Waals surface area contributed by atoms with Gasteiger partial charge in [0.1, 0.15) is 12.7 Å². The van der Waals surface area contributed by atoms with Crippen molar-refractivity contribution >= 4 is 17.9 Å². The van der Waals surface area contributed by atoms with Crippen molar-refractivity contribution < 1.29 is 34.1 Å². The van der Waals surface area contributed by atoms with Crippen molar-refractivity contribution in [2.24, 2.45) is 0 Å². The van der Waals surface area contributed by atoms with Crippen LogP contribution in [-0.4, -0.2) is 72.0 Å². The SMILES string of the molecule is N.O=C(O)CN1CC(=O)OCC(CCO)OC(=O)C1. The van der Waals surface area contributed by atoms with Gasteiger partial charge in [-0.3, -0.25) is 19.3 Å². The molecular formula is C10H18N2O7. The number of cyclic esters (lactones) is 2. The molecule has 0 amide bonds. The number of carbonyl (C=O) groups is 3. The van der Waals surface area contributed by atoms with E-state index < -0.39 is 30.6 Å². The topological polar surface area (TPSA) is 148 Å². The molecule has 0 aromatic carbocycles. The molecule has 110 valence electrons. The molecule has 1 atom stereocenters. The van der Waals surface area contributed by atoms with Crippen LogP contribution >= 0.6 is 0 Å². The second-order valence-electron chi connectivity index (χ2n) is 3.85. The normalized spacial score (nSPS) is 21.2. The Morgan fingerprint density at radius 3 is 2.53 bits per heavy atom. The predicted octanol–water partition coefficient (Wildman–Crippen LogP) is -1.61. The van der Waals surface area contributed by atoms with E-state index in [-0.39, 0.29) is 38.9 Å². The summed E-state index contributed by atoms with van der Waals surface area (Å²) in [5.74, 6) is -2.42. The summed E-state index contributed by atoms with van der Waals surface area (Å²) >= 11 is 0. The van der Waals surface area contributed by atoms with E-state index in [0.29, 0.717) is 0 Å². The van der Waals surface area contributed by atoms with Crippen molar-refractivity contribution in [3.8, 4) is 0 Å². The van der Waals surface area contributed by atoms with Crippen molar-refractivity contribution in [3.05, 3.63) is 0 Å². The van der Waals surface area contributed by atoms with E-state index in [1.165, 1.54) is 0 Å². The highest BCUT2D eigenvalue weighted by Crippen LogP contribution is 2.05. The fraction of sp³-hybridized carbons (Fsp3) is 0.700. The highest BCUT2D eigenvalue weighted by atomic mass is 16.6. The van der Waals surface area contributed by atoms with Gasteiger partial charge in [-0.15, -0.1) is 0 Å². The second kappa shape index (κ2) is 8.40. The summed E-state index contributed by atoms with van der Waals surface area (Å²) in [5, 5.41) is 17.4. The van der Waals surface area contributed by atoms with Gasteiger partial charge in [0.25, 0.3) is 0 Å². The summed E-state index contributed by atoms with van der Waals surface area (Å²) < 4.78 is 9.79. The third kappa shape index (κ3) is 6.70. The number of aliphatic hydroxyl groups is 1. The van der Waals surface area contributed by atoms with Gasteiger partial charge in [0.2, 0.25) is 0 Å². The minimum absolute atomic E-state index is 0. The summed E-state index contributed by atoms with van der Waals surface area (Å²) in [5.41, 5.74) is 0. The van der Waals surface area contributed by atoms with Gasteiger partial charge in [0, 0.05) is 13.0 Å². The zero-order valence-electron chi connectivity index (χ0n) is 10.4. The zero-order valence-corrected chi connectivity index (χ0v) is 10.4. The van der Waals surface area contributed by atoms with Crippen LogP contribution in [0.1, 0.15) is 6.42 Å². The zero-order chi connectivity index (χ0) is 13.5. The molecule has 0 aromatic rings. The molecule has 1 fully saturated rings. The Labute approximate surface area is 109 Å². The van der Waals surface area contributed by atoms with Crippen LogP contribution in [0.15, 0.2) is 0 Å². The number of esters is 2. The van der Waals surface area contributed by atoms with Gasteiger partial charge < -0.3 is 25.8 Å². The molecule has 0 spiro atoms. The van der Waals surface area contributed by atoms with Crippen LogP contribution in [0, 0.1) is 0 Å². The lowest BCUT2D eigenvalue weighted by atomic mass is 10.3. The summed E-state index contributed by atoms with van der Waals surface area (Å²) in [6.07, 6.45) is -0.533. The van der Waals surface area contributed by atoms with Crippen LogP contribution in [0.2, 0.25) is 0 Å². The number of ether oxygens (including phenoxy) is 2. The van der Waals surface area contributed by atoms with Crippen LogP contribution in [0.3, 0.4) is 0 Å². The van der Waals surface area contributed by atoms with Crippen molar-refractivity contribution in [2.45, 2.75) is 12.5 Å². The molecule has 1 heterocycles. The van der Waals surface area contributed by atoms with Gasteiger partial charge in [0.15, 0.2) is 0 Å². The van der Waals surface area contributed by atoms with Crippen molar-refractivity contribution in [3.63, 3.8) is 0 Å². The lowest BCUT2D eigenvalue weighted by Crippen LogP contribution is -2.38. The van der Waals surface area contributed by atoms with Gasteiger partial charge >= 0.3 is 17.9 Å². The molecule has 5 N–H and O–H groups in total. The smallest absolute Gasteiger partial charge is 0.320 e. The number of rotatable bonds is 4. The van der Waals surface area contributed by atoms with Crippen LogP contribution in [-0.2, 0) is 23.9 Å². The third-order valence-corrected chi connectivity index (χ3v) is 2.24. The largest absolute Gasteiger partial charge is 0.480 e. The lowest BCUT2D eigenvalue weighted by molar-refractivity contribution is -0.156. The average Bonchev–Trinajstić information content (AvgIpc) is 2.29. The fourth-order valence-corrected chi connectivity index (χ4v) is 1.50. The Hall–Kier alpha value is -1.71. The number of aliphatic hydroxyl groups excluding tert-OH is 1. The summed E-state index contributed by atoms with van der Waals surface area (Å²) in [6.45, 7) is -1.37. The maximum atomic E-state index is 11.5. The standard InChI is InChI=1S/C10H15NO7.H3N/c12-2-1-7-6-17-9(15)4-11(3-8(13)14)5-10(16)18-7;/h7,12H,1-6H2,(H,13,14);1H3. The summed E-state index contributed by atoms with van der Waals surface area (Å²) in [6, 6.07) is 0. The molecule has 0 bridgehead atoms. The van der Waals surface area contributed by atoms with Gasteiger partial charge in [-0.2, -0.15) is 0 Å². The number of carboxylic acids is 1. The van der Waals surface area contributed by atoms with Crippen LogP contribution in [0.25, 0.3) is 0 Å². The molecule has 9 nitrogen and oxygen atoms in total. The van der Waals surface area contributed by atoms with Crippen molar-refractivity contribution in [1.82, 2.24) is 11.1 Å². The Bertz CT molecular complexity index is 334. The highest BCUT2D eigenvalue weighted by Gasteiger charge is 2.24. The number of aliphatic carboxylic acids is 1. The number of carboxylic acid groups (broad SMARTS) is 1. The quantitative estimate of drug-likeness (QED) is 0.516. The monoisotopic (exact) mass is 278 g/mol. The first-order chi connectivity index (χ1) is 8.51. The first-order valence-corrected chi connectivity index (χ1v) is 5.41. The number of nitrogens with zero attached hydrogens (tertiary/aromatic N) is 1. The third-order valence-electron chi connectivity index (χ3n) is 2.24. The Kier molecular flexibility index (Phi) is 7.65. The van der Waals surface area contributed by atoms with Crippen molar-refractivity contribution in [1.29, 1.82) is 0 Å². The molecule has 0 radical (unpaired) electrons. The van der Waals surface area contributed by atoms with E-state index in [4.69, 9.17) is 19.7 Å². The fourth-order valence-electron chi connectivity index (χ4n) is 1.50.